The van der Waals surface area contributed by atoms with Crippen LogP contribution >= 0.6 is 0 Å². The lowest BCUT2D eigenvalue weighted by Gasteiger charge is -2.30. The van der Waals surface area contributed by atoms with Crippen LogP contribution in [0, 0.1) is 0 Å². The Morgan fingerprint density at radius 3 is 2.83 bits per heavy atom. The van der Waals surface area contributed by atoms with Gasteiger partial charge in [-0.1, -0.05) is 24.3 Å². The van der Waals surface area contributed by atoms with Gasteiger partial charge in [-0.25, -0.2) is 0 Å². The number of fused-ring (bicyclic) bond motifs is 1. The summed E-state index contributed by atoms with van der Waals surface area (Å²) >= 11 is 0. The van der Waals surface area contributed by atoms with E-state index in [1.807, 2.05) is 6.07 Å². The Bertz CT molecular complexity index is 596. The van der Waals surface area contributed by atoms with Crippen LogP contribution in [0.25, 0.3) is 0 Å². The van der Waals surface area contributed by atoms with Crippen molar-refractivity contribution >= 4 is 11.8 Å². The van der Waals surface area contributed by atoms with Crippen molar-refractivity contribution in [1.82, 2.24) is 10.2 Å². The fourth-order valence-electron chi connectivity index (χ4n) is 3.71. The molecule has 5 heteroatoms. The quantitative estimate of drug-likeness (QED) is 0.917. The number of hydrogen-bond acceptors (Lipinski definition) is 3. The maximum atomic E-state index is 12.4. The zero-order valence-corrected chi connectivity index (χ0v) is 14.3. The second-order valence-electron chi connectivity index (χ2n) is 6.72. The Morgan fingerprint density at radius 1 is 1.29 bits per heavy atom. The van der Waals surface area contributed by atoms with Crippen molar-refractivity contribution in [3.8, 4) is 0 Å². The molecular weight excluding hydrogens is 304 g/mol. The van der Waals surface area contributed by atoms with Gasteiger partial charge in [0.25, 0.3) is 0 Å². The molecule has 3 rings (SSSR count). The molecule has 1 N–H and O–H groups in total. The van der Waals surface area contributed by atoms with Crippen molar-refractivity contribution < 1.29 is 14.3 Å². The number of benzene rings is 1. The summed E-state index contributed by atoms with van der Waals surface area (Å²) in [6.07, 6.45) is 3.71. The van der Waals surface area contributed by atoms with E-state index in [0.29, 0.717) is 32.7 Å². The summed E-state index contributed by atoms with van der Waals surface area (Å²) in [5.41, 5.74) is 2.66. The molecule has 1 aromatic rings. The second-order valence-corrected chi connectivity index (χ2v) is 6.72. The molecule has 24 heavy (non-hydrogen) atoms. The molecule has 2 aliphatic rings. The van der Waals surface area contributed by atoms with Crippen LogP contribution in [0.4, 0.5) is 0 Å². The highest BCUT2D eigenvalue weighted by atomic mass is 16.5. The number of ether oxygens (including phenoxy) is 1. The van der Waals surface area contributed by atoms with Crippen molar-refractivity contribution in [2.45, 2.75) is 44.6 Å². The smallest absolute Gasteiger partial charge is 0.245 e. The highest BCUT2D eigenvalue weighted by Crippen LogP contribution is 2.33. The zero-order chi connectivity index (χ0) is 16.9. The minimum atomic E-state index is -0.477. The van der Waals surface area contributed by atoms with E-state index >= 15 is 0 Å². The standard InChI is InChI=1S/C19H26N2O3/c1-14(19(23)21-9-11-24-12-10-21)20-18(22)13-16-7-4-6-15-5-2-3-8-17(15)16/h2-3,5,8,14,16H,4,6-7,9-13H2,1H3,(H,20,22)/t14-,16-/m0/s1. The van der Waals surface area contributed by atoms with Crippen molar-refractivity contribution in [2.75, 3.05) is 26.3 Å². The van der Waals surface area contributed by atoms with E-state index < -0.39 is 6.04 Å². The van der Waals surface area contributed by atoms with Crippen LogP contribution in [-0.2, 0) is 20.7 Å². The minimum absolute atomic E-state index is 0.0179. The van der Waals surface area contributed by atoms with Gasteiger partial charge < -0.3 is 15.0 Å². The molecular formula is C19H26N2O3. The zero-order valence-electron chi connectivity index (χ0n) is 14.3. The normalized spacial score (nSPS) is 21.7. The van der Waals surface area contributed by atoms with E-state index in [0.717, 1.165) is 19.3 Å². The summed E-state index contributed by atoms with van der Waals surface area (Å²) in [6, 6.07) is 7.91. The van der Waals surface area contributed by atoms with Crippen LogP contribution in [0.15, 0.2) is 24.3 Å². The van der Waals surface area contributed by atoms with Gasteiger partial charge in [-0.3, -0.25) is 9.59 Å². The first-order chi connectivity index (χ1) is 11.6. The van der Waals surface area contributed by atoms with Crippen molar-refractivity contribution in [3.63, 3.8) is 0 Å². The molecule has 5 nitrogen and oxygen atoms in total. The third-order valence-electron chi connectivity index (χ3n) is 5.00. The van der Waals surface area contributed by atoms with Gasteiger partial charge in [-0.2, -0.15) is 0 Å². The van der Waals surface area contributed by atoms with E-state index in [1.54, 1.807) is 11.8 Å². The van der Waals surface area contributed by atoms with E-state index in [-0.39, 0.29) is 17.7 Å². The molecule has 0 aromatic heterocycles. The van der Waals surface area contributed by atoms with Gasteiger partial charge in [-0.05, 0) is 43.2 Å². The van der Waals surface area contributed by atoms with Crippen LogP contribution in [0.3, 0.4) is 0 Å². The van der Waals surface area contributed by atoms with Crippen LogP contribution < -0.4 is 5.32 Å². The number of morpholine rings is 1. The molecule has 1 fully saturated rings. The number of nitrogens with one attached hydrogen (secondary N) is 1. The Hall–Kier alpha value is -1.88. The number of carbonyl (C=O) groups excluding carboxylic acids is 2. The summed E-state index contributed by atoms with van der Waals surface area (Å²) in [7, 11) is 0. The molecule has 1 aliphatic carbocycles. The predicted molar refractivity (Wildman–Crippen MR) is 91.7 cm³/mol. The first-order valence-corrected chi connectivity index (χ1v) is 8.89. The summed E-state index contributed by atoms with van der Waals surface area (Å²) in [5.74, 6) is 0.210. The Labute approximate surface area is 143 Å². The third-order valence-corrected chi connectivity index (χ3v) is 5.00. The molecule has 2 atom stereocenters. The molecule has 1 aromatic carbocycles. The van der Waals surface area contributed by atoms with Gasteiger partial charge in [-0.15, -0.1) is 0 Å². The van der Waals surface area contributed by atoms with E-state index in [4.69, 9.17) is 4.74 Å². The average Bonchev–Trinajstić information content (AvgIpc) is 2.62. The lowest BCUT2D eigenvalue weighted by Crippen LogP contribution is -2.50. The third kappa shape index (κ3) is 3.96. The largest absolute Gasteiger partial charge is 0.378 e. The number of aryl methyl sites for hydroxylation is 1. The molecule has 0 radical (unpaired) electrons. The SMILES string of the molecule is C[C@H](NC(=O)C[C@@H]1CCCc2ccccc21)C(=O)N1CCOCC1. The Balaban J connectivity index is 1.55. The first-order valence-electron chi connectivity index (χ1n) is 8.89. The van der Waals surface area contributed by atoms with Gasteiger partial charge in [0.05, 0.1) is 13.2 Å². The van der Waals surface area contributed by atoms with Gasteiger partial charge in [0.2, 0.25) is 11.8 Å². The van der Waals surface area contributed by atoms with Crippen LogP contribution in [0.5, 0.6) is 0 Å². The fourth-order valence-corrected chi connectivity index (χ4v) is 3.71. The Kier molecular flexibility index (Phi) is 5.51. The monoisotopic (exact) mass is 330 g/mol. The molecule has 1 aliphatic heterocycles. The molecule has 2 amide bonds. The van der Waals surface area contributed by atoms with Gasteiger partial charge in [0.1, 0.15) is 6.04 Å². The van der Waals surface area contributed by atoms with Crippen molar-refractivity contribution in [2.24, 2.45) is 0 Å². The molecule has 0 saturated carbocycles. The maximum Gasteiger partial charge on any atom is 0.245 e. The van der Waals surface area contributed by atoms with Crippen LogP contribution in [0.1, 0.15) is 43.2 Å². The number of rotatable bonds is 4. The summed E-state index contributed by atoms with van der Waals surface area (Å²) in [6.45, 7) is 4.13. The van der Waals surface area contributed by atoms with Crippen LogP contribution in [0.2, 0.25) is 0 Å². The fraction of sp³-hybridized carbons (Fsp3) is 0.579. The van der Waals surface area contributed by atoms with Crippen molar-refractivity contribution in [3.05, 3.63) is 35.4 Å². The van der Waals surface area contributed by atoms with Gasteiger partial charge >= 0.3 is 0 Å². The summed E-state index contributed by atoms with van der Waals surface area (Å²) in [4.78, 5) is 26.6. The average molecular weight is 330 g/mol. The van der Waals surface area contributed by atoms with E-state index in [1.165, 1.54) is 11.1 Å². The molecule has 0 spiro atoms. The first kappa shape index (κ1) is 17.0. The number of amides is 2. The van der Waals surface area contributed by atoms with Gasteiger partial charge in [0, 0.05) is 19.5 Å². The summed E-state index contributed by atoms with van der Waals surface area (Å²) < 4.78 is 5.26. The number of nitrogens with zero attached hydrogens (tertiary/aromatic N) is 1. The van der Waals surface area contributed by atoms with Crippen molar-refractivity contribution in [1.29, 1.82) is 0 Å². The van der Waals surface area contributed by atoms with E-state index in [2.05, 4.69) is 23.5 Å². The van der Waals surface area contributed by atoms with Gasteiger partial charge in [0.15, 0.2) is 0 Å². The second kappa shape index (κ2) is 7.79. The summed E-state index contributed by atoms with van der Waals surface area (Å²) in [5, 5.41) is 2.88. The molecule has 1 saturated heterocycles. The highest BCUT2D eigenvalue weighted by molar-refractivity contribution is 5.87. The minimum Gasteiger partial charge on any atom is -0.378 e. The molecule has 0 unspecified atom stereocenters. The van der Waals surface area contributed by atoms with E-state index in [9.17, 15) is 9.59 Å². The number of hydrogen-bond donors (Lipinski definition) is 1. The lowest BCUT2D eigenvalue weighted by molar-refractivity contribution is -0.139. The number of carbonyl (C=O) groups is 2. The highest BCUT2D eigenvalue weighted by Gasteiger charge is 2.26. The lowest BCUT2D eigenvalue weighted by atomic mass is 9.81. The molecule has 1 heterocycles. The topological polar surface area (TPSA) is 58.6 Å². The maximum absolute atomic E-state index is 12.4. The molecule has 0 bridgehead atoms. The predicted octanol–water partition coefficient (Wildman–Crippen LogP) is 1.86. The Morgan fingerprint density at radius 2 is 2.04 bits per heavy atom. The van der Waals surface area contributed by atoms with Crippen LogP contribution in [-0.4, -0.2) is 49.1 Å². The molecule has 130 valence electrons.